The Hall–Kier alpha value is -3.87. The van der Waals surface area contributed by atoms with Gasteiger partial charge in [-0.15, -0.1) is 0 Å². The summed E-state index contributed by atoms with van der Waals surface area (Å²) in [4.78, 5) is 6.73. The highest BCUT2D eigenvalue weighted by molar-refractivity contribution is 5.72. The molecule has 3 N–H and O–H groups in total. The second kappa shape index (κ2) is 9.73. The Labute approximate surface area is 193 Å². The normalized spacial score (nSPS) is 11.0. The van der Waals surface area contributed by atoms with E-state index in [4.69, 9.17) is 5.73 Å². The molecule has 0 atom stereocenters. The van der Waals surface area contributed by atoms with E-state index in [0.29, 0.717) is 18.1 Å². The number of nitrogens with zero attached hydrogens (tertiary/aromatic N) is 4. The fraction of sp³-hybridized carbons (Fsp3) is 0.231. The van der Waals surface area contributed by atoms with Crippen LogP contribution in [0.3, 0.4) is 0 Å². The number of nitrogen functional groups attached to an aromatic ring is 1. The molecule has 2 aromatic heterocycles. The molecule has 0 unspecified atom stereocenters. The summed E-state index contributed by atoms with van der Waals surface area (Å²) in [6.45, 7) is 10.7. The molecule has 0 aliphatic carbocycles. The Morgan fingerprint density at radius 3 is 2.70 bits per heavy atom. The molecule has 4 aromatic rings. The van der Waals surface area contributed by atoms with E-state index in [2.05, 4.69) is 33.8 Å². The SMILES string of the molecule is C=C(c1ccccc1N)N(CC)CCCNc1cc(-c2ccccc2C)nc2c(F)cnn12. The molecule has 0 fully saturated rings. The predicted molar refractivity (Wildman–Crippen MR) is 133 cm³/mol. The summed E-state index contributed by atoms with van der Waals surface area (Å²) >= 11 is 0. The number of anilines is 2. The molecule has 0 radical (unpaired) electrons. The van der Waals surface area contributed by atoms with Gasteiger partial charge in [-0.25, -0.2) is 9.37 Å². The van der Waals surface area contributed by atoms with Crippen molar-refractivity contribution in [2.75, 3.05) is 30.7 Å². The molecule has 0 bridgehead atoms. The van der Waals surface area contributed by atoms with E-state index in [1.807, 2.05) is 61.5 Å². The van der Waals surface area contributed by atoms with E-state index in [9.17, 15) is 4.39 Å². The van der Waals surface area contributed by atoms with Gasteiger partial charge in [-0.1, -0.05) is 49.0 Å². The average molecular weight is 445 g/mol. The number of aryl methyl sites for hydroxylation is 1. The van der Waals surface area contributed by atoms with E-state index in [1.54, 1.807) is 0 Å². The first-order valence-corrected chi connectivity index (χ1v) is 11.1. The van der Waals surface area contributed by atoms with Gasteiger partial charge < -0.3 is 16.0 Å². The van der Waals surface area contributed by atoms with Crippen LogP contribution in [0.25, 0.3) is 22.6 Å². The van der Waals surface area contributed by atoms with Crippen LogP contribution in [0.4, 0.5) is 15.9 Å². The largest absolute Gasteiger partial charge is 0.398 e. The third kappa shape index (κ3) is 4.67. The summed E-state index contributed by atoms with van der Waals surface area (Å²) in [6, 6.07) is 17.6. The van der Waals surface area contributed by atoms with Crippen LogP contribution in [0.2, 0.25) is 0 Å². The third-order valence-electron chi connectivity index (χ3n) is 5.80. The minimum Gasteiger partial charge on any atom is -0.398 e. The fourth-order valence-corrected chi connectivity index (χ4v) is 3.96. The number of nitrogens with one attached hydrogen (secondary N) is 1. The first-order valence-electron chi connectivity index (χ1n) is 11.1. The van der Waals surface area contributed by atoms with E-state index >= 15 is 0 Å². The van der Waals surface area contributed by atoms with Crippen LogP contribution in [0, 0.1) is 12.7 Å². The second-order valence-corrected chi connectivity index (χ2v) is 7.96. The summed E-state index contributed by atoms with van der Waals surface area (Å²) in [6.07, 6.45) is 2.05. The van der Waals surface area contributed by atoms with Gasteiger partial charge in [0.1, 0.15) is 5.82 Å². The van der Waals surface area contributed by atoms with Crippen molar-refractivity contribution in [2.45, 2.75) is 20.3 Å². The molecular weight excluding hydrogens is 415 g/mol. The quantitative estimate of drug-likeness (QED) is 0.274. The van der Waals surface area contributed by atoms with Gasteiger partial charge >= 0.3 is 0 Å². The first kappa shape index (κ1) is 22.3. The van der Waals surface area contributed by atoms with Crippen molar-refractivity contribution in [3.05, 3.63) is 84.3 Å². The van der Waals surface area contributed by atoms with Crippen molar-refractivity contribution in [3.8, 4) is 11.3 Å². The van der Waals surface area contributed by atoms with E-state index in [1.165, 1.54) is 10.7 Å². The molecule has 2 heterocycles. The summed E-state index contributed by atoms with van der Waals surface area (Å²) < 4.78 is 15.9. The van der Waals surface area contributed by atoms with Gasteiger partial charge in [0.05, 0.1) is 11.9 Å². The van der Waals surface area contributed by atoms with E-state index < -0.39 is 5.82 Å². The lowest BCUT2D eigenvalue weighted by Crippen LogP contribution is -2.24. The van der Waals surface area contributed by atoms with E-state index in [-0.39, 0.29) is 5.65 Å². The summed E-state index contributed by atoms with van der Waals surface area (Å²) in [5, 5.41) is 7.57. The van der Waals surface area contributed by atoms with Gasteiger partial charge in [-0.3, -0.25) is 0 Å². The Balaban J connectivity index is 1.48. The van der Waals surface area contributed by atoms with E-state index in [0.717, 1.165) is 47.6 Å². The van der Waals surface area contributed by atoms with Gasteiger partial charge in [0.25, 0.3) is 0 Å². The monoisotopic (exact) mass is 444 g/mol. The highest BCUT2D eigenvalue weighted by Gasteiger charge is 2.14. The fourth-order valence-electron chi connectivity index (χ4n) is 3.96. The van der Waals surface area contributed by atoms with Gasteiger partial charge in [0.15, 0.2) is 11.5 Å². The van der Waals surface area contributed by atoms with Crippen LogP contribution in [0.15, 0.2) is 67.4 Å². The summed E-state index contributed by atoms with van der Waals surface area (Å²) in [5.74, 6) is 0.263. The standard InChI is InChI=1S/C26H29FN6/c1-4-32(19(3)21-12-7-8-13-23(21)28)15-9-14-29-25-16-24(20-11-6-5-10-18(20)2)31-26-22(27)17-30-33(25)26/h5-8,10-13,16-17,29H,3-4,9,14-15,28H2,1-2H3. The second-order valence-electron chi connectivity index (χ2n) is 7.96. The maximum atomic E-state index is 14.3. The lowest BCUT2D eigenvalue weighted by atomic mass is 10.1. The average Bonchev–Trinajstić information content (AvgIpc) is 3.20. The van der Waals surface area contributed by atoms with Gasteiger partial charge in [0, 0.05) is 48.2 Å². The number of benzene rings is 2. The highest BCUT2D eigenvalue weighted by atomic mass is 19.1. The van der Waals surface area contributed by atoms with Crippen LogP contribution in [0.5, 0.6) is 0 Å². The number of para-hydroxylation sites is 1. The zero-order valence-corrected chi connectivity index (χ0v) is 19.1. The Bertz CT molecular complexity index is 1280. The molecular formula is C26H29FN6. The third-order valence-corrected chi connectivity index (χ3v) is 5.80. The van der Waals surface area contributed by atoms with Crippen LogP contribution in [0.1, 0.15) is 24.5 Å². The van der Waals surface area contributed by atoms with Crippen LogP contribution in [-0.2, 0) is 0 Å². The van der Waals surface area contributed by atoms with Gasteiger partial charge in [-0.2, -0.15) is 9.61 Å². The highest BCUT2D eigenvalue weighted by Crippen LogP contribution is 2.26. The lowest BCUT2D eigenvalue weighted by Gasteiger charge is -2.26. The van der Waals surface area contributed by atoms with Crippen molar-refractivity contribution in [1.82, 2.24) is 19.5 Å². The maximum Gasteiger partial charge on any atom is 0.194 e. The lowest BCUT2D eigenvalue weighted by molar-refractivity contribution is 0.415. The Morgan fingerprint density at radius 1 is 1.18 bits per heavy atom. The minimum atomic E-state index is -0.442. The van der Waals surface area contributed by atoms with Gasteiger partial charge in [0.2, 0.25) is 0 Å². The van der Waals surface area contributed by atoms with Crippen molar-refractivity contribution in [1.29, 1.82) is 0 Å². The molecule has 33 heavy (non-hydrogen) atoms. The number of aromatic nitrogens is 3. The van der Waals surface area contributed by atoms with Crippen molar-refractivity contribution >= 4 is 22.8 Å². The van der Waals surface area contributed by atoms with Gasteiger partial charge in [-0.05, 0) is 31.9 Å². The number of halogens is 1. The van der Waals surface area contributed by atoms with Crippen molar-refractivity contribution in [2.24, 2.45) is 0 Å². The van der Waals surface area contributed by atoms with Crippen molar-refractivity contribution < 1.29 is 4.39 Å². The molecule has 170 valence electrons. The predicted octanol–water partition coefficient (Wildman–Crippen LogP) is 5.22. The molecule has 0 aliphatic rings. The molecule has 0 saturated carbocycles. The van der Waals surface area contributed by atoms with Crippen molar-refractivity contribution in [3.63, 3.8) is 0 Å². The number of rotatable bonds is 9. The maximum absolute atomic E-state index is 14.3. The molecule has 6 nitrogen and oxygen atoms in total. The minimum absolute atomic E-state index is 0.210. The van der Waals surface area contributed by atoms with Crippen LogP contribution >= 0.6 is 0 Å². The Morgan fingerprint density at radius 2 is 1.94 bits per heavy atom. The Kier molecular flexibility index (Phi) is 6.58. The number of hydrogen-bond acceptors (Lipinski definition) is 5. The zero-order chi connectivity index (χ0) is 23.4. The molecule has 0 spiro atoms. The molecule has 0 aliphatic heterocycles. The first-order chi connectivity index (χ1) is 16.0. The number of nitrogens with two attached hydrogens (primary N) is 1. The summed E-state index contributed by atoms with van der Waals surface area (Å²) in [5.41, 5.74) is 11.7. The van der Waals surface area contributed by atoms with Crippen LogP contribution < -0.4 is 11.1 Å². The number of fused-ring (bicyclic) bond motifs is 1. The molecule has 4 rings (SSSR count). The topological polar surface area (TPSA) is 71.5 Å². The molecule has 2 aromatic carbocycles. The molecule has 0 saturated heterocycles. The smallest absolute Gasteiger partial charge is 0.194 e. The zero-order valence-electron chi connectivity index (χ0n) is 19.1. The molecule has 7 heteroatoms. The summed E-state index contributed by atoms with van der Waals surface area (Å²) in [7, 11) is 0. The molecule has 0 amide bonds. The van der Waals surface area contributed by atoms with Crippen LogP contribution in [-0.4, -0.2) is 39.1 Å². The number of hydrogen-bond donors (Lipinski definition) is 2.